The molecule has 1 N–H and O–H groups in total. The number of sulfone groups is 1. The van der Waals surface area contributed by atoms with Gasteiger partial charge < -0.3 is 28.7 Å². The zero-order valence-electron chi connectivity index (χ0n) is 20.6. The van der Waals surface area contributed by atoms with Crippen LogP contribution in [0.25, 0.3) is 11.5 Å². The number of aromatic nitrogens is 1. The van der Waals surface area contributed by atoms with Crippen LogP contribution < -0.4 is 24.3 Å². The molecule has 1 aromatic heterocycles. The molecule has 0 amide bonds. The highest BCUT2D eigenvalue weighted by Crippen LogP contribution is 2.39. The van der Waals surface area contributed by atoms with E-state index in [2.05, 4.69) is 10.3 Å². The summed E-state index contributed by atoms with van der Waals surface area (Å²) in [6.07, 6.45) is 0. The Morgan fingerprint density at radius 2 is 1.62 bits per heavy atom. The van der Waals surface area contributed by atoms with Crippen LogP contribution in [0.4, 0.5) is 5.88 Å². The molecule has 4 aromatic rings. The molecule has 0 bridgehead atoms. The van der Waals surface area contributed by atoms with Crippen molar-refractivity contribution in [2.24, 2.45) is 0 Å². The lowest BCUT2D eigenvalue weighted by Gasteiger charge is -2.19. The Morgan fingerprint density at radius 1 is 0.892 bits per heavy atom. The van der Waals surface area contributed by atoms with E-state index in [1.165, 1.54) is 26.4 Å². The van der Waals surface area contributed by atoms with E-state index in [1.54, 1.807) is 24.3 Å². The van der Waals surface area contributed by atoms with Gasteiger partial charge in [-0.05, 0) is 42.8 Å². The molecule has 0 spiro atoms. The molecule has 192 valence electrons. The highest BCUT2D eigenvalue weighted by molar-refractivity contribution is 7.91. The van der Waals surface area contributed by atoms with Crippen LogP contribution in [0.15, 0.2) is 81.1 Å². The number of rotatable bonds is 8. The monoisotopic (exact) mass is 522 g/mol. The zero-order valence-corrected chi connectivity index (χ0v) is 21.4. The normalized spacial score (nSPS) is 13.6. The first-order valence-electron chi connectivity index (χ1n) is 11.6. The summed E-state index contributed by atoms with van der Waals surface area (Å²) in [5.74, 6) is 1.98. The predicted molar refractivity (Wildman–Crippen MR) is 136 cm³/mol. The molecule has 5 rings (SSSR count). The second-order valence-corrected chi connectivity index (χ2v) is 10.2. The van der Waals surface area contributed by atoms with Crippen LogP contribution >= 0.6 is 0 Å². The largest absolute Gasteiger partial charge is 0.493 e. The van der Waals surface area contributed by atoms with Crippen molar-refractivity contribution in [1.82, 2.24) is 4.98 Å². The molecule has 0 saturated carbocycles. The van der Waals surface area contributed by atoms with Gasteiger partial charge in [-0.1, -0.05) is 30.3 Å². The fourth-order valence-electron chi connectivity index (χ4n) is 4.00. The van der Waals surface area contributed by atoms with Crippen molar-refractivity contribution >= 4 is 15.7 Å². The predicted octanol–water partition coefficient (Wildman–Crippen LogP) is 5.14. The first-order valence-corrected chi connectivity index (χ1v) is 13.1. The highest BCUT2D eigenvalue weighted by Gasteiger charge is 2.31. The van der Waals surface area contributed by atoms with Gasteiger partial charge in [0.15, 0.2) is 23.0 Å². The van der Waals surface area contributed by atoms with Crippen LogP contribution in [0.5, 0.6) is 23.0 Å². The summed E-state index contributed by atoms with van der Waals surface area (Å²) in [5.41, 5.74) is 1.48. The number of ether oxygens (including phenoxy) is 4. The van der Waals surface area contributed by atoms with Crippen molar-refractivity contribution in [3.8, 4) is 34.5 Å². The molecule has 0 fully saturated rings. The second kappa shape index (κ2) is 10.1. The van der Waals surface area contributed by atoms with Gasteiger partial charge in [0.05, 0.1) is 25.2 Å². The number of hydrogen-bond acceptors (Lipinski definition) is 9. The van der Waals surface area contributed by atoms with Crippen molar-refractivity contribution in [1.29, 1.82) is 0 Å². The lowest BCUT2D eigenvalue weighted by molar-refractivity contribution is 0.171. The fourth-order valence-corrected chi connectivity index (χ4v) is 5.28. The van der Waals surface area contributed by atoms with Crippen molar-refractivity contribution < 1.29 is 31.8 Å². The third-order valence-corrected chi connectivity index (χ3v) is 7.61. The van der Waals surface area contributed by atoms with Gasteiger partial charge in [-0.2, -0.15) is 4.98 Å². The molecule has 1 atom stereocenters. The average Bonchev–Trinajstić information content (AvgIpc) is 3.37. The Labute approximate surface area is 214 Å². The van der Waals surface area contributed by atoms with Gasteiger partial charge in [-0.15, -0.1) is 0 Å². The summed E-state index contributed by atoms with van der Waals surface area (Å²) in [6, 6.07) is 19.0. The van der Waals surface area contributed by atoms with E-state index in [-0.39, 0.29) is 27.7 Å². The number of hydrogen-bond donors (Lipinski definition) is 1. The lowest BCUT2D eigenvalue weighted by Crippen LogP contribution is -2.16. The van der Waals surface area contributed by atoms with E-state index in [0.717, 1.165) is 5.56 Å². The molecule has 1 aliphatic rings. The maximum Gasteiger partial charge on any atom is 0.234 e. The maximum atomic E-state index is 13.8. The van der Waals surface area contributed by atoms with E-state index in [9.17, 15) is 8.42 Å². The van der Waals surface area contributed by atoms with E-state index >= 15 is 0 Å². The fraction of sp³-hybridized carbons (Fsp3) is 0.222. The van der Waals surface area contributed by atoms with Crippen molar-refractivity contribution in [3.05, 3.63) is 72.3 Å². The Bertz CT molecular complexity index is 1520. The first-order chi connectivity index (χ1) is 17.9. The van der Waals surface area contributed by atoms with Gasteiger partial charge in [0.1, 0.15) is 13.2 Å². The zero-order chi connectivity index (χ0) is 26.0. The van der Waals surface area contributed by atoms with Crippen molar-refractivity contribution in [2.75, 3.05) is 32.8 Å². The van der Waals surface area contributed by atoms with Gasteiger partial charge in [0, 0.05) is 11.6 Å². The summed E-state index contributed by atoms with van der Waals surface area (Å²) in [6.45, 7) is 2.65. The summed E-state index contributed by atoms with van der Waals surface area (Å²) in [7, 11) is -1.05. The number of anilines is 1. The van der Waals surface area contributed by atoms with Crippen molar-refractivity contribution in [2.45, 2.75) is 22.9 Å². The quantitative estimate of drug-likeness (QED) is 0.337. The van der Waals surface area contributed by atoms with E-state index in [1.807, 2.05) is 37.3 Å². The van der Waals surface area contributed by atoms with Crippen LogP contribution in [0.3, 0.4) is 0 Å². The molecular formula is C27H26N2O7S. The Kier molecular flexibility index (Phi) is 6.66. The number of benzene rings is 3. The standard InChI is InChI=1S/C27H26N2O7S/c1-17(18-7-5-4-6-8-18)28-26-27(29-25(36-26)19-9-11-21(32-2)23(15-19)33-3)37(30,31)20-10-12-22-24(16-20)35-14-13-34-22/h4-12,15-17,28H,13-14H2,1-3H3. The molecule has 0 aliphatic carbocycles. The van der Waals surface area contributed by atoms with Gasteiger partial charge in [-0.25, -0.2) is 8.42 Å². The third kappa shape index (κ3) is 4.79. The molecule has 0 radical (unpaired) electrons. The SMILES string of the molecule is COc1ccc(-c2nc(S(=O)(=O)c3ccc4c(c3)OCCO4)c(NC(C)c3ccccc3)o2)cc1OC. The minimum absolute atomic E-state index is 0.0133. The molecule has 1 aliphatic heterocycles. The Balaban J connectivity index is 1.60. The van der Waals surface area contributed by atoms with Gasteiger partial charge >= 0.3 is 0 Å². The van der Waals surface area contributed by atoms with E-state index in [0.29, 0.717) is 41.8 Å². The van der Waals surface area contributed by atoms with Gasteiger partial charge in [0.25, 0.3) is 0 Å². The smallest absolute Gasteiger partial charge is 0.234 e. The van der Waals surface area contributed by atoms with Crippen LogP contribution in [0.1, 0.15) is 18.5 Å². The summed E-state index contributed by atoms with van der Waals surface area (Å²) in [4.78, 5) is 4.45. The van der Waals surface area contributed by atoms with Crippen LogP contribution in [0, 0.1) is 0 Å². The van der Waals surface area contributed by atoms with Crippen LogP contribution in [-0.4, -0.2) is 40.8 Å². The number of oxazole rings is 1. The third-order valence-electron chi connectivity index (χ3n) is 5.95. The number of nitrogens with zero attached hydrogens (tertiary/aromatic N) is 1. The molecular weight excluding hydrogens is 496 g/mol. The Morgan fingerprint density at radius 3 is 2.35 bits per heavy atom. The first kappa shape index (κ1) is 24.5. The topological polar surface area (TPSA) is 109 Å². The van der Waals surface area contributed by atoms with E-state index in [4.69, 9.17) is 23.4 Å². The number of methoxy groups -OCH3 is 2. The summed E-state index contributed by atoms with van der Waals surface area (Å²) in [5, 5.41) is 2.95. The molecule has 37 heavy (non-hydrogen) atoms. The van der Waals surface area contributed by atoms with Gasteiger partial charge in [0.2, 0.25) is 26.6 Å². The highest BCUT2D eigenvalue weighted by atomic mass is 32.2. The number of nitrogens with one attached hydrogen (secondary N) is 1. The van der Waals surface area contributed by atoms with Gasteiger partial charge in [-0.3, -0.25) is 0 Å². The molecule has 10 heteroatoms. The number of fused-ring (bicyclic) bond motifs is 1. The maximum absolute atomic E-state index is 13.8. The van der Waals surface area contributed by atoms with Crippen molar-refractivity contribution in [3.63, 3.8) is 0 Å². The molecule has 9 nitrogen and oxygen atoms in total. The summed E-state index contributed by atoms with van der Waals surface area (Å²) >= 11 is 0. The van der Waals surface area contributed by atoms with E-state index < -0.39 is 9.84 Å². The minimum atomic E-state index is -4.11. The molecule has 1 unspecified atom stereocenters. The molecule has 3 aromatic carbocycles. The Hall–Kier alpha value is -4.18. The minimum Gasteiger partial charge on any atom is -0.493 e. The van der Waals surface area contributed by atoms with Crippen LogP contribution in [-0.2, 0) is 9.84 Å². The molecule has 2 heterocycles. The second-order valence-electron chi connectivity index (χ2n) is 8.31. The summed E-state index contributed by atoms with van der Waals surface area (Å²) < 4.78 is 55.5. The lowest BCUT2D eigenvalue weighted by atomic mass is 10.1. The van der Waals surface area contributed by atoms with Crippen LogP contribution in [0.2, 0.25) is 0 Å². The molecule has 0 saturated heterocycles. The average molecular weight is 523 g/mol.